The van der Waals surface area contributed by atoms with Crippen molar-refractivity contribution in [1.29, 1.82) is 0 Å². The van der Waals surface area contributed by atoms with Crippen LogP contribution in [0, 0.1) is 0 Å². The molecule has 0 aliphatic rings. The quantitative estimate of drug-likeness (QED) is 0.714. The number of hydrogen-bond donors (Lipinski definition) is 2. The van der Waals surface area contributed by atoms with Crippen molar-refractivity contribution in [3.8, 4) is 0 Å². The molecule has 18 heavy (non-hydrogen) atoms. The van der Waals surface area contributed by atoms with E-state index in [9.17, 15) is 9.59 Å². The summed E-state index contributed by atoms with van der Waals surface area (Å²) >= 11 is 3.31. The molecular formula is C12H7BrN2O3. The van der Waals surface area contributed by atoms with Crippen molar-refractivity contribution in [3.05, 3.63) is 56.8 Å². The molecule has 1 aromatic carbocycles. The lowest BCUT2D eigenvalue weighted by molar-refractivity contribution is 0.101. The fourth-order valence-electron chi connectivity index (χ4n) is 1.77. The standard InChI is InChI=1S/C12H7BrN2O3/c13-7-5-9-8(14-12(17)15-9)4-6(7)11(16)10-2-1-3-18-10/h1-5H,(H2,14,15,17). The summed E-state index contributed by atoms with van der Waals surface area (Å²) in [6.07, 6.45) is 1.44. The number of carbonyl (C=O) groups excluding carboxylic acids is 1. The normalized spacial score (nSPS) is 10.9. The predicted molar refractivity (Wildman–Crippen MR) is 68.8 cm³/mol. The molecule has 0 atom stereocenters. The highest BCUT2D eigenvalue weighted by atomic mass is 79.9. The van der Waals surface area contributed by atoms with E-state index in [1.54, 1.807) is 24.3 Å². The summed E-state index contributed by atoms with van der Waals surface area (Å²) < 4.78 is 5.68. The molecule has 0 saturated heterocycles. The number of carbonyl (C=O) groups is 1. The van der Waals surface area contributed by atoms with Gasteiger partial charge < -0.3 is 14.4 Å². The Balaban J connectivity index is 2.20. The summed E-state index contributed by atoms with van der Waals surface area (Å²) in [6.45, 7) is 0. The minimum atomic E-state index is -0.306. The monoisotopic (exact) mass is 306 g/mol. The Morgan fingerprint density at radius 2 is 1.94 bits per heavy atom. The van der Waals surface area contributed by atoms with E-state index >= 15 is 0 Å². The first kappa shape index (κ1) is 11.0. The smallest absolute Gasteiger partial charge is 0.323 e. The molecule has 0 amide bonds. The molecule has 2 N–H and O–H groups in total. The number of benzene rings is 1. The van der Waals surface area contributed by atoms with Crippen LogP contribution in [0.15, 0.2) is 44.2 Å². The van der Waals surface area contributed by atoms with Gasteiger partial charge in [0, 0.05) is 10.0 Å². The number of imidazole rings is 1. The summed E-state index contributed by atoms with van der Waals surface area (Å²) in [6, 6.07) is 6.54. The molecule has 2 aromatic heterocycles. The molecule has 90 valence electrons. The van der Waals surface area contributed by atoms with E-state index in [0.29, 0.717) is 21.1 Å². The topological polar surface area (TPSA) is 78.9 Å². The van der Waals surface area contributed by atoms with E-state index in [1.165, 1.54) is 6.26 Å². The summed E-state index contributed by atoms with van der Waals surface area (Å²) in [4.78, 5) is 28.6. The van der Waals surface area contributed by atoms with Gasteiger partial charge in [0.05, 0.1) is 17.3 Å². The molecule has 3 aromatic rings. The average Bonchev–Trinajstić information content (AvgIpc) is 2.94. The molecule has 6 heteroatoms. The van der Waals surface area contributed by atoms with Gasteiger partial charge in [-0.3, -0.25) is 4.79 Å². The summed E-state index contributed by atoms with van der Waals surface area (Å²) in [5.74, 6) is 0.0174. The number of furan rings is 1. The third-order valence-electron chi connectivity index (χ3n) is 2.59. The van der Waals surface area contributed by atoms with Crippen molar-refractivity contribution < 1.29 is 9.21 Å². The molecule has 0 spiro atoms. The van der Waals surface area contributed by atoms with Gasteiger partial charge in [-0.25, -0.2) is 4.79 Å². The Hall–Kier alpha value is -2.08. The Labute approximate surface area is 109 Å². The van der Waals surface area contributed by atoms with E-state index in [1.807, 2.05) is 0 Å². The zero-order valence-electron chi connectivity index (χ0n) is 8.99. The largest absolute Gasteiger partial charge is 0.461 e. The first-order valence-corrected chi connectivity index (χ1v) is 5.94. The molecule has 0 bridgehead atoms. The SMILES string of the molecule is O=C(c1ccco1)c1cc2[nH]c(=O)[nH]c2cc1Br. The minimum absolute atomic E-state index is 0.240. The van der Waals surface area contributed by atoms with Gasteiger partial charge in [-0.1, -0.05) is 0 Å². The van der Waals surface area contributed by atoms with Crippen LogP contribution in [0.2, 0.25) is 0 Å². The molecule has 0 unspecified atom stereocenters. The zero-order valence-corrected chi connectivity index (χ0v) is 10.6. The van der Waals surface area contributed by atoms with Gasteiger partial charge >= 0.3 is 5.69 Å². The highest BCUT2D eigenvalue weighted by Crippen LogP contribution is 2.24. The highest BCUT2D eigenvalue weighted by Gasteiger charge is 2.16. The Bertz CT molecular complexity index is 783. The maximum Gasteiger partial charge on any atom is 0.323 e. The molecule has 0 aliphatic heterocycles. The van der Waals surface area contributed by atoms with Crippen LogP contribution in [0.1, 0.15) is 16.1 Å². The summed E-state index contributed by atoms with van der Waals surface area (Å²) in [5.41, 5.74) is 1.35. The van der Waals surface area contributed by atoms with Crippen LogP contribution in [-0.4, -0.2) is 15.8 Å². The minimum Gasteiger partial charge on any atom is -0.461 e. The number of fused-ring (bicyclic) bond motifs is 1. The molecule has 0 radical (unpaired) electrons. The van der Waals surface area contributed by atoms with Gasteiger partial charge in [0.1, 0.15) is 0 Å². The van der Waals surface area contributed by atoms with Gasteiger partial charge in [-0.15, -0.1) is 0 Å². The van der Waals surface area contributed by atoms with Crippen molar-refractivity contribution in [3.63, 3.8) is 0 Å². The first-order valence-electron chi connectivity index (χ1n) is 5.15. The maximum atomic E-state index is 12.2. The molecule has 5 nitrogen and oxygen atoms in total. The molecular weight excluding hydrogens is 300 g/mol. The van der Waals surface area contributed by atoms with Gasteiger partial charge in [-0.2, -0.15) is 0 Å². The van der Waals surface area contributed by atoms with Gasteiger partial charge in [-0.05, 0) is 40.2 Å². The average molecular weight is 307 g/mol. The molecule has 0 aliphatic carbocycles. The number of ketones is 1. The lowest BCUT2D eigenvalue weighted by Gasteiger charge is -2.01. The second kappa shape index (κ2) is 3.99. The van der Waals surface area contributed by atoms with Crippen LogP contribution in [0.3, 0.4) is 0 Å². The number of rotatable bonds is 2. The van der Waals surface area contributed by atoms with Crippen LogP contribution in [0.5, 0.6) is 0 Å². The van der Waals surface area contributed by atoms with E-state index in [-0.39, 0.29) is 17.2 Å². The Morgan fingerprint density at radius 3 is 2.61 bits per heavy atom. The van der Waals surface area contributed by atoms with E-state index in [0.717, 1.165) is 0 Å². The first-order chi connectivity index (χ1) is 8.65. The number of nitrogens with one attached hydrogen (secondary N) is 2. The van der Waals surface area contributed by atoms with Crippen LogP contribution in [-0.2, 0) is 0 Å². The van der Waals surface area contributed by atoms with Crippen LogP contribution in [0.4, 0.5) is 0 Å². The number of aromatic nitrogens is 2. The fraction of sp³-hybridized carbons (Fsp3) is 0. The second-order valence-corrected chi connectivity index (χ2v) is 4.62. The third-order valence-corrected chi connectivity index (χ3v) is 3.25. The predicted octanol–water partition coefficient (Wildman–Crippen LogP) is 2.44. The van der Waals surface area contributed by atoms with Crippen LogP contribution in [0.25, 0.3) is 11.0 Å². The lowest BCUT2D eigenvalue weighted by Crippen LogP contribution is -2.01. The van der Waals surface area contributed by atoms with Crippen molar-refractivity contribution in [2.75, 3.05) is 0 Å². The molecule has 3 rings (SSSR count). The number of aromatic amines is 2. The van der Waals surface area contributed by atoms with Gasteiger partial charge in [0.25, 0.3) is 0 Å². The molecule has 0 fully saturated rings. The van der Waals surface area contributed by atoms with E-state index in [4.69, 9.17) is 4.42 Å². The Kier molecular flexibility index (Phi) is 2.45. The van der Waals surface area contributed by atoms with Crippen molar-refractivity contribution in [1.82, 2.24) is 9.97 Å². The summed E-state index contributed by atoms with van der Waals surface area (Å²) in [7, 11) is 0. The number of H-pyrrole nitrogens is 2. The fourth-order valence-corrected chi connectivity index (χ4v) is 2.29. The molecule has 2 heterocycles. The van der Waals surface area contributed by atoms with Crippen molar-refractivity contribution in [2.24, 2.45) is 0 Å². The van der Waals surface area contributed by atoms with Crippen LogP contribution < -0.4 is 5.69 Å². The van der Waals surface area contributed by atoms with E-state index in [2.05, 4.69) is 25.9 Å². The number of halogens is 1. The van der Waals surface area contributed by atoms with Gasteiger partial charge in [0.2, 0.25) is 5.78 Å². The Morgan fingerprint density at radius 1 is 1.22 bits per heavy atom. The molecule has 0 saturated carbocycles. The highest BCUT2D eigenvalue weighted by molar-refractivity contribution is 9.10. The van der Waals surface area contributed by atoms with Crippen molar-refractivity contribution >= 4 is 32.7 Å². The van der Waals surface area contributed by atoms with Crippen LogP contribution >= 0.6 is 15.9 Å². The van der Waals surface area contributed by atoms with E-state index < -0.39 is 0 Å². The second-order valence-electron chi connectivity index (χ2n) is 3.76. The third kappa shape index (κ3) is 1.70. The lowest BCUT2D eigenvalue weighted by atomic mass is 10.1. The van der Waals surface area contributed by atoms with Gasteiger partial charge in [0.15, 0.2) is 5.76 Å². The summed E-state index contributed by atoms with van der Waals surface area (Å²) in [5, 5.41) is 0. The zero-order chi connectivity index (χ0) is 12.7. The van der Waals surface area contributed by atoms with Crippen molar-refractivity contribution in [2.45, 2.75) is 0 Å². The maximum absolute atomic E-state index is 12.2. The number of hydrogen-bond acceptors (Lipinski definition) is 3.